The molecule has 0 amide bonds. The predicted molar refractivity (Wildman–Crippen MR) is 46.5 cm³/mol. The van der Waals surface area contributed by atoms with Gasteiger partial charge in [-0.25, -0.2) is 0 Å². The zero-order chi connectivity index (χ0) is 9.90. The normalized spacial score (nSPS) is 30.3. The van der Waals surface area contributed by atoms with E-state index in [-0.39, 0.29) is 5.92 Å². The van der Waals surface area contributed by atoms with E-state index in [9.17, 15) is 4.79 Å². The van der Waals surface area contributed by atoms with Gasteiger partial charge in [0.2, 0.25) is 0 Å². The lowest BCUT2D eigenvalue weighted by atomic mass is 9.76. The molecule has 4 nitrogen and oxygen atoms in total. The molecule has 0 radical (unpaired) electrons. The van der Waals surface area contributed by atoms with Gasteiger partial charge in [0, 0.05) is 20.3 Å². The van der Waals surface area contributed by atoms with Crippen LogP contribution >= 0.6 is 0 Å². The zero-order valence-corrected chi connectivity index (χ0v) is 8.08. The van der Waals surface area contributed by atoms with Gasteiger partial charge in [0.05, 0.1) is 12.0 Å². The van der Waals surface area contributed by atoms with Gasteiger partial charge in [-0.1, -0.05) is 6.92 Å². The molecule has 0 bridgehead atoms. The standard InChI is InChI=1S/C9H16O4/c1-7(5-12-2)9(8(10)11)3-4-13-6-9/h7H,3-6H2,1-2H3,(H,10,11). The summed E-state index contributed by atoms with van der Waals surface area (Å²) in [6.07, 6.45) is 0.590. The van der Waals surface area contributed by atoms with Gasteiger partial charge in [0.15, 0.2) is 0 Å². The zero-order valence-electron chi connectivity index (χ0n) is 8.08. The highest BCUT2D eigenvalue weighted by Gasteiger charge is 2.46. The molecule has 0 aromatic carbocycles. The molecule has 1 heterocycles. The van der Waals surface area contributed by atoms with Crippen LogP contribution in [0.2, 0.25) is 0 Å². The summed E-state index contributed by atoms with van der Waals surface area (Å²) >= 11 is 0. The van der Waals surface area contributed by atoms with Gasteiger partial charge < -0.3 is 14.6 Å². The van der Waals surface area contributed by atoms with Crippen LogP contribution in [0.15, 0.2) is 0 Å². The van der Waals surface area contributed by atoms with E-state index in [0.29, 0.717) is 26.2 Å². The van der Waals surface area contributed by atoms with Crippen molar-refractivity contribution in [3.8, 4) is 0 Å². The van der Waals surface area contributed by atoms with Gasteiger partial charge in [0.1, 0.15) is 0 Å². The molecule has 1 rings (SSSR count). The Bertz CT molecular complexity index is 184. The lowest BCUT2D eigenvalue weighted by Crippen LogP contribution is -2.40. The summed E-state index contributed by atoms with van der Waals surface area (Å²) in [5, 5.41) is 9.13. The first-order valence-corrected chi connectivity index (χ1v) is 4.43. The monoisotopic (exact) mass is 188 g/mol. The van der Waals surface area contributed by atoms with E-state index in [1.807, 2.05) is 6.92 Å². The first kappa shape index (κ1) is 10.5. The Morgan fingerprint density at radius 1 is 1.77 bits per heavy atom. The molecule has 1 aliphatic rings. The van der Waals surface area contributed by atoms with Crippen molar-refractivity contribution < 1.29 is 19.4 Å². The molecule has 2 unspecified atom stereocenters. The van der Waals surface area contributed by atoms with Crippen LogP contribution in [0.4, 0.5) is 0 Å². The van der Waals surface area contributed by atoms with Gasteiger partial charge in [-0.2, -0.15) is 0 Å². The fourth-order valence-corrected chi connectivity index (χ4v) is 1.76. The summed E-state index contributed by atoms with van der Waals surface area (Å²) in [5.74, 6) is -0.771. The van der Waals surface area contributed by atoms with E-state index in [1.54, 1.807) is 7.11 Å². The van der Waals surface area contributed by atoms with Crippen molar-refractivity contribution in [1.82, 2.24) is 0 Å². The number of carbonyl (C=O) groups is 1. The van der Waals surface area contributed by atoms with Gasteiger partial charge >= 0.3 is 5.97 Å². The number of aliphatic carboxylic acids is 1. The van der Waals surface area contributed by atoms with Crippen LogP contribution in [0.3, 0.4) is 0 Å². The Morgan fingerprint density at radius 3 is 2.85 bits per heavy atom. The van der Waals surface area contributed by atoms with Crippen molar-refractivity contribution in [1.29, 1.82) is 0 Å². The van der Waals surface area contributed by atoms with Gasteiger partial charge in [0.25, 0.3) is 0 Å². The molecule has 0 aliphatic carbocycles. The molecule has 0 spiro atoms. The van der Waals surface area contributed by atoms with E-state index in [4.69, 9.17) is 14.6 Å². The molecule has 2 atom stereocenters. The predicted octanol–water partition coefficient (Wildman–Crippen LogP) is 0.760. The smallest absolute Gasteiger partial charge is 0.312 e. The van der Waals surface area contributed by atoms with Crippen molar-refractivity contribution >= 4 is 5.97 Å². The Morgan fingerprint density at radius 2 is 2.46 bits per heavy atom. The summed E-state index contributed by atoms with van der Waals surface area (Å²) in [6, 6.07) is 0. The third kappa shape index (κ3) is 1.84. The first-order valence-electron chi connectivity index (χ1n) is 4.43. The van der Waals surface area contributed by atoms with Crippen molar-refractivity contribution in [3.63, 3.8) is 0 Å². The lowest BCUT2D eigenvalue weighted by Gasteiger charge is -2.28. The van der Waals surface area contributed by atoms with Crippen molar-refractivity contribution in [2.24, 2.45) is 11.3 Å². The highest BCUT2D eigenvalue weighted by atomic mass is 16.5. The Kier molecular flexibility index (Phi) is 3.27. The topological polar surface area (TPSA) is 55.8 Å². The number of ether oxygens (including phenoxy) is 2. The second kappa shape index (κ2) is 4.07. The number of hydrogen-bond donors (Lipinski definition) is 1. The number of rotatable bonds is 4. The molecule has 0 saturated carbocycles. The van der Waals surface area contributed by atoms with Gasteiger partial charge in [-0.3, -0.25) is 4.79 Å². The highest BCUT2D eigenvalue weighted by molar-refractivity contribution is 5.75. The van der Waals surface area contributed by atoms with Crippen LogP contribution in [0.25, 0.3) is 0 Å². The second-order valence-electron chi connectivity index (χ2n) is 3.62. The van der Waals surface area contributed by atoms with E-state index in [2.05, 4.69) is 0 Å². The fraction of sp³-hybridized carbons (Fsp3) is 0.889. The maximum atomic E-state index is 11.1. The van der Waals surface area contributed by atoms with Crippen LogP contribution in [-0.4, -0.2) is 38.0 Å². The Labute approximate surface area is 77.8 Å². The largest absolute Gasteiger partial charge is 0.481 e. The molecule has 1 aliphatic heterocycles. The SMILES string of the molecule is COCC(C)C1(C(=O)O)CCOC1. The van der Waals surface area contributed by atoms with E-state index in [1.165, 1.54) is 0 Å². The number of carboxylic acids is 1. The third-order valence-corrected chi connectivity index (χ3v) is 2.84. The van der Waals surface area contributed by atoms with Gasteiger partial charge in [-0.05, 0) is 12.3 Å². The number of hydrogen-bond acceptors (Lipinski definition) is 3. The maximum Gasteiger partial charge on any atom is 0.312 e. The van der Waals surface area contributed by atoms with Crippen LogP contribution in [0, 0.1) is 11.3 Å². The molecule has 76 valence electrons. The number of methoxy groups -OCH3 is 1. The molecule has 1 saturated heterocycles. The van der Waals surface area contributed by atoms with Crippen molar-refractivity contribution in [3.05, 3.63) is 0 Å². The Hall–Kier alpha value is -0.610. The van der Waals surface area contributed by atoms with Crippen LogP contribution in [-0.2, 0) is 14.3 Å². The molecule has 1 N–H and O–H groups in total. The summed E-state index contributed by atoms with van der Waals surface area (Å²) in [6.45, 7) is 3.22. The van der Waals surface area contributed by atoms with Crippen LogP contribution in [0.5, 0.6) is 0 Å². The molecule has 4 heteroatoms. The summed E-state index contributed by atoms with van der Waals surface area (Å²) in [4.78, 5) is 11.1. The van der Waals surface area contributed by atoms with Crippen molar-refractivity contribution in [2.75, 3.05) is 26.9 Å². The van der Waals surface area contributed by atoms with Crippen molar-refractivity contribution in [2.45, 2.75) is 13.3 Å². The van der Waals surface area contributed by atoms with E-state index < -0.39 is 11.4 Å². The minimum Gasteiger partial charge on any atom is -0.481 e. The molecule has 13 heavy (non-hydrogen) atoms. The summed E-state index contributed by atoms with van der Waals surface area (Å²) in [5.41, 5.74) is -0.726. The minimum atomic E-state index is -0.769. The Balaban J connectivity index is 2.71. The number of carboxylic acid groups (broad SMARTS) is 1. The summed E-state index contributed by atoms with van der Waals surface area (Å²) in [7, 11) is 1.59. The average Bonchev–Trinajstić information content (AvgIpc) is 2.53. The fourth-order valence-electron chi connectivity index (χ4n) is 1.76. The molecular formula is C9H16O4. The molecule has 1 fully saturated rings. The van der Waals surface area contributed by atoms with E-state index in [0.717, 1.165) is 0 Å². The third-order valence-electron chi connectivity index (χ3n) is 2.84. The molecule has 0 aromatic rings. The van der Waals surface area contributed by atoms with Gasteiger partial charge in [-0.15, -0.1) is 0 Å². The molecular weight excluding hydrogens is 172 g/mol. The first-order chi connectivity index (χ1) is 6.13. The second-order valence-corrected chi connectivity index (χ2v) is 3.62. The highest BCUT2D eigenvalue weighted by Crippen LogP contribution is 2.37. The maximum absolute atomic E-state index is 11.1. The van der Waals surface area contributed by atoms with E-state index >= 15 is 0 Å². The average molecular weight is 188 g/mol. The summed E-state index contributed by atoms with van der Waals surface area (Å²) < 4.78 is 10.1. The van der Waals surface area contributed by atoms with Crippen LogP contribution < -0.4 is 0 Å². The molecule has 0 aromatic heterocycles. The van der Waals surface area contributed by atoms with Crippen LogP contribution in [0.1, 0.15) is 13.3 Å². The minimum absolute atomic E-state index is 0.00231. The quantitative estimate of drug-likeness (QED) is 0.707. The lowest BCUT2D eigenvalue weighted by molar-refractivity contribution is -0.153.